The number of likely N-dealkylation sites (N-methyl/N-ethyl adjacent to an activating group) is 1. The maximum Gasteiger partial charge on any atom is 0.272 e. The Morgan fingerprint density at radius 1 is 1.62 bits per heavy atom. The van der Waals surface area contributed by atoms with E-state index in [1.165, 1.54) is 0 Å². The molecule has 0 radical (unpaired) electrons. The molecule has 1 aromatic rings. The van der Waals surface area contributed by atoms with Crippen LogP contribution in [0.4, 0.5) is 0 Å². The van der Waals surface area contributed by atoms with E-state index in [2.05, 4.69) is 10.3 Å². The summed E-state index contributed by atoms with van der Waals surface area (Å²) >= 11 is 0. The van der Waals surface area contributed by atoms with Gasteiger partial charge in [-0.25, -0.2) is 4.98 Å². The molecule has 5 heteroatoms. The van der Waals surface area contributed by atoms with Crippen molar-refractivity contribution in [1.82, 2.24) is 19.8 Å². The Morgan fingerprint density at radius 2 is 2.44 bits per heavy atom. The third-order valence-electron chi connectivity index (χ3n) is 3.15. The van der Waals surface area contributed by atoms with Crippen LogP contribution in [0.5, 0.6) is 0 Å². The second-order valence-corrected chi connectivity index (χ2v) is 4.27. The standard InChI is InChI=1S/C11H18N4O/c1-12-9-4-3-5-15(7-9)11(16)10-6-13-8-14(10)2/h6,8-9,12H,3-5,7H2,1-2H3. The molecule has 1 N–H and O–H groups in total. The quantitative estimate of drug-likeness (QED) is 0.780. The van der Waals surface area contributed by atoms with Gasteiger partial charge in [0.1, 0.15) is 5.69 Å². The van der Waals surface area contributed by atoms with Crippen molar-refractivity contribution in [2.75, 3.05) is 20.1 Å². The van der Waals surface area contributed by atoms with Crippen LogP contribution in [0.25, 0.3) is 0 Å². The molecule has 1 saturated heterocycles. The van der Waals surface area contributed by atoms with Crippen LogP contribution >= 0.6 is 0 Å². The van der Waals surface area contributed by atoms with Gasteiger partial charge in [-0.05, 0) is 19.9 Å². The number of carbonyl (C=O) groups excluding carboxylic acids is 1. The van der Waals surface area contributed by atoms with Crippen LogP contribution in [0.1, 0.15) is 23.3 Å². The third kappa shape index (κ3) is 2.09. The topological polar surface area (TPSA) is 50.2 Å². The first-order chi connectivity index (χ1) is 7.72. The number of aryl methyl sites for hydroxylation is 1. The highest BCUT2D eigenvalue weighted by Gasteiger charge is 2.24. The molecule has 1 atom stereocenters. The fourth-order valence-electron chi connectivity index (χ4n) is 2.12. The third-order valence-corrected chi connectivity index (χ3v) is 3.15. The molecule has 0 aliphatic carbocycles. The number of hydrogen-bond acceptors (Lipinski definition) is 3. The van der Waals surface area contributed by atoms with E-state index in [9.17, 15) is 4.79 Å². The van der Waals surface area contributed by atoms with Gasteiger partial charge in [-0.3, -0.25) is 4.79 Å². The number of hydrogen-bond donors (Lipinski definition) is 1. The summed E-state index contributed by atoms with van der Waals surface area (Å²) in [6.45, 7) is 1.64. The lowest BCUT2D eigenvalue weighted by molar-refractivity contribution is 0.0688. The fraction of sp³-hybridized carbons (Fsp3) is 0.636. The van der Waals surface area contributed by atoms with Crippen molar-refractivity contribution in [1.29, 1.82) is 0 Å². The van der Waals surface area contributed by atoms with Gasteiger partial charge in [-0.2, -0.15) is 0 Å². The zero-order valence-corrected chi connectivity index (χ0v) is 9.81. The van der Waals surface area contributed by atoms with E-state index < -0.39 is 0 Å². The van der Waals surface area contributed by atoms with E-state index in [0.29, 0.717) is 11.7 Å². The fourth-order valence-corrected chi connectivity index (χ4v) is 2.12. The predicted molar refractivity (Wildman–Crippen MR) is 61.2 cm³/mol. The molecular weight excluding hydrogens is 204 g/mol. The minimum atomic E-state index is 0.0833. The van der Waals surface area contributed by atoms with Crippen LogP contribution in [0.3, 0.4) is 0 Å². The number of nitrogens with one attached hydrogen (secondary N) is 1. The molecule has 5 nitrogen and oxygen atoms in total. The molecule has 1 amide bonds. The molecule has 1 unspecified atom stereocenters. The van der Waals surface area contributed by atoms with Crippen LogP contribution in [-0.2, 0) is 7.05 Å². The molecule has 16 heavy (non-hydrogen) atoms. The zero-order chi connectivity index (χ0) is 11.5. The number of nitrogens with zero attached hydrogens (tertiary/aromatic N) is 3. The number of rotatable bonds is 2. The number of amides is 1. The van der Waals surface area contributed by atoms with E-state index >= 15 is 0 Å². The second-order valence-electron chi connectivity index (χ2n) is 4.27. The largest absolute Gasteiger partial charge is 0.336 e. The lowest BCUT2D eigenvalue weighted by atomic mass is 10.1. The van der Waals surface area contributed by atoms with Crippen LogP contribution < -0.4 is 5.32 Å². The Hall–Kier alpha value is -1.36. The molecule has 1 fully saturated rings. The number of likely N-dealkylation sites (tertiary alicyclic amines) is 1. The van der Waals surface area contributed by atoms with E-state index in [0.717, 1.165) is 25.9 Å². The van der Waals surface area contributed by atoms with Crippen molar-refractivity contribution < 1.29 is 4.79 Å². The summed E-state index contributed by atoms with van der Waals surface area (Å²) in [5.74, 6) is 0.0833. The Bertz CT molecular complexity index is 374. The summed E-state index contributed by atoms with van der Waals surface area (Å²) in [6, 6.07) is 0.422. The predicted octanol–water partition coefficient (Wildman–Crippen LogP) is 0.244. The maximum atomic E-state index is 12.2. The minimum Gasteiger partial charge on any atom is -0.336 e. The highest BCUT2D eigenvalue weighted by molar-refractivity contribution is 5.92. The normalized spacial score (nSPS) is 21.1. The number of aromatic nitrogens is 2. The van der Waals surface area contributed by atoms with Gasteiger partial charge >= 0.3 is 0 Å². The molecule has 0 bridgehead atoms. The summed E-state index contributed by atoms with van der Waals surface area (Å²) in [5, 5.41) is 3.23. The molecule has 1 aromatic heterocycles. The molecule has 0 saturated carbocycles. The zero-order valence-electron chi connectivity index (χ0n) is 9.81. The van der Waals surface area contributed by atoms with E-state index in [4.69, 9.17) is 0 Å². The average molecular weight is 222 g/mol. The summed E-state index contributed by atoms with van der Waals surface area (Å²) in [5.41, 5.74) is 0.664. The van der Waals surface area contributed by atoms with Gasteiger partial charge in [0, 0.05) is 26.2 Å². The summed E-state index contributed by atoms with van der Waals surface area (Å²) < 4.78 is 1.77. The SMILES string of the molecule is CNC1CCCN(C(=O)c2cncn2C)C1. The van der Waals surface area contributed by atoms with Gasteiger partial charge in [0.05, 0.1) is 12.5 Å². The van der Waals surface area contributed by atoms with E-state index in [-0.39, 0.29) is 5.91 Å². The highest BCUT2D eigenvalue weighted by Crippen LogP contribution is 2.13. The van der Waals surface area contributed by atoms with Crippen LogP contribution in [0.15, 0.2) is 12.5 Å². The van der Waals surface area contributed by atoms with Gasteiger partial charge in [0.2, 0.25) is 0 Å². The molecule has 0 spiro atoms. The van der Waals surface area contributed by atoms with Crippen molar-refractivity contribution in [3.8, 4) is 0 Å². The number of piperidine rings is 1. The van der Waals surface area contributed by atoms with Gasteiger partial charge < -0.3 is 14.8 Å². The molecule has 0 aromatic carbocycles. The summed E-state index contributed by atoms with van der Waals surface area (Å²) in [4.78, 5) is 18.1. The Morgan fingerprint density at radius 3 is 3.06 bits per heavy atom. The van der Waals surface area contributed by atoms with Crippen molar-refractivity contribution in [3.63, 3.8) is 0 Å². The van der Waals surface area contributed by atoms with Crippen molar-refractivity contribution >= 4 is 5.91 Å². The number of carbonyl (C=O) groups is 1. The minimum absolute atomic E-state index is 0.0833. The molecule has 1 aliphatic rings. The smallest absolute Gasteiger partial charge is 0.272 e. The molecule has 2 rings (SSSR count). The van der Waals surface area contributed by atoms with Gasteiger partial charge in [-0.1, -0.05) is 0 Å². The van der Waals surface area contributed by atoms with Gasteiger partial charge in [0.15, 0.2) is 0 Å². The maximum absolute atomic E-state index is 12.2. The highest BCUT2D eigenvalue weighted by atomic mass is 16.2. The first-order valence-corrected chi connectivity index (χ1v) is 5.65. The van der Waals surface area contributed by atoms with E-state index in [1.54, 1.807) is 17.1 Å². The van der Waals surface area contributed by atoms with E-state index in [1.807, 2.05) is 19.0 Å². The molecule has 2 heterocycles. The Kier molecular flexibility index (Phi) is 3.24. The summed E-state index contributed by atoms with van der Waals surface area (Å²) in [6.07, 6.45) is 5.50. The van der Waals surface area contributed by atoms with Crippen molar-refractivity contribution in [3.05, 3.63) is 18.2 Å². The van der Waals surface area contributed by atoms with Crippen LogP contribution in [0, 0.1) is 0 Å². The summed E-state index contributed by atoms with van der Waals surface area (Å²) in [7, 11) is 3.79. The second kappa shape index (κ2) is 4.65. The molecule has 88 valence electrons. The Balaban J connectivity index is 2.07. The Labute approximate surface area is 95.5 Å². The molecular formula is C11H18N4O. The number of imidazole rings is 1. The van der Waals surface area contributed by atoms with Crippen molar-refractivity contribution in [2.45, 2.75) is 18.9 Å². The molecule has 1 aliphatic heterocycles. The average Bonchev–Trinajstić information content (AvgIpc) is 2.74. The first kappa shape index (κ1) is 11.1. The van der Waals surface area contributed by atoms with Crippen molar-refractivity contribution in [2.24, 2.45) is 7.05 Å². The first-order valence-electron chi connectivity index (χ1n) is 5.65. The van der Waals surface area contributed by atoms with Gasteiger partial charge in [0.25, 0.3) is 5.91 Å². The monoisotopic (exact) mass is 222 g/mol. The van der Waals surface area contributed by atoms with Gasteiger partial charge in [-0.15, -0.1) is 0 Å². The lowest BCUT2D eigenvalue weighted by Crippen LogP contribution is -2.47. The lowest BCUT2D eigenvalue weighted by Gasteiger charge is -2.32. The van der Waals surface area contributed by atoms with Crippen LogP contribution in [-0.4, -0.2) is 46.5 Å². The van der Waals surface area contributed by atoms with Crippen LogP contribution in [0.2, 0.25) is 0 Å².